The van der Waals surface area contributed by atoms with E-state index in [0.29, 0.717) is 0 Å². The third-order valence-corrected chi connectivity index (χ3v) is 4.76. The number of morpholine rings is 1. The minimum absolute atomic E-state index is 0.306. The third-order valence-electron chi connectivity index (χ3n) is 4.76. The lowest BCUT2D eigenvalue weighted by Crippen LogP contribution is -2.47. The van der Waals surface area contributed by atoms with Gasteiger partial charge in [0.15, 0.2) is 0 Å². The van der Waals surface area contributed by atoms with Crippen LogP contribution in [0.2, 0.25) is 0 Å². The van der Waals surface area contributed by atoms with Crippen molar-refractivity contribution in [1.29, 1.82) is 0 Å². The molecule has 0 aliphatic carbocycles. The maximum atomic E-state index is 13.1. The summed E-state index contributed by atoms with van der Waals surface area (Å²) in [6.45, 7) is 8.44. The lowest BCUT2D eigenvalue weighted by atomic mass is 10.3. The first-order valence-electron chi connectivity index (χ1n) is 8.99. The molecule has 0 bridgehead atoms. The minimum atomic E-state index is -0.306. The Morgan fingerprint density at radius 2 is 1.58 bits per heavy atom. The fourth-order valence-corrected chi connectivity index (χ4v) is 3.32. The zero-order chi connectivity index (χ0) is 17.9. The van der Waals surface area contributed by atoms with Gasteiger partial charge in [0, 0.05) is 51.0 Å². The zero-order valence-electron chi connectivity index (χ0n) is 14.9. The van der Waals surface area contributed by atoms with Gasteiger partial charge in [0.1, 0.15) is 17.5 Å². The molecule has 0 amide bonds. The number of hydrogen-bond acceptors (Lipinski definition) is 7. The highest BCUT2D eigenvalue weighted by Gasteiger charge is 2.21. The molecule has 138 valence electrons. The molecule has 0 spiro atoms. The number of ether oxygens (including phenoxy) is 1. The largest absolute Gasteiger partial charge is 0.378 e. The van der Waals surface area contributed by atoms with Crippen molar-refractivity contribution in [2.45, 2.75) is 6.92 Å². The number of rotatable bonds is 3. The highest BCUT2D eigenvalue weighted by atomic mass is 19.1. The van der Waals surface area contributed by atoms with Gasteiger partial charge in [-0.2, -0.15) is 4.98 Å². The monoisotopic (exact) mass is 358 g/mol. The molecule has 7 nitrogen and oxygen atoms in total. The number of nitrogens with zero attached hydrogens (tertiary/aromatic N) is 6. The fourth-order valence-electron chi connectivity index (χ4n) is 3.32. The van der Waals surface area contributed by atoms with E-state index in [4.69, 9.17) is 9.72 Å². The summed E-state index contributed by atoms with van der Waals surface area (Å²) in [5.74, 6) is 2.26. The number of hydrogen-bond donors (Lipinski definition) is 0. The molecular formula is C18H23FN6O. The molecule has 2 aromatic heterocycles. The van der Waals surface area contributed by atoms with E-state index in [1.807, 2.05) is 13.0 Å². The first kappa shape index (κ1) is 17.0. The van der Waals surface area contributed by atoms with Crippen LogP contribution in [0, 0.1) is 12.7 Å². The number of aryl methyl sites for hydroxylation is 1. The molecule has 0 N–H and O–H groups in total. The van der Waals surface area contributed by atoms with Gasteiger partial charge >= 0.3 is 0 Å². The first-order chi connectivity index (χ1) is 12.7. The van der Waals surface area contributed by atoms with Gasteiger partial charge in [-0.15, -0.1) is 0 Å². The van der Waals surface area contributed by atoms with Gasteiger partial charge < -0.3 is 19.4 Å². The molecule has 8 heteroatoms. The Kier molecular flexibility index (Phi) is 4.83. The van der Waals surface area contributed by atoms with Crippen molar-refractivity contribution < 1.29 is 9.13 Å². The van der Waals surface area contributed by atoms with Crippen LogP contribution in [0.1, 0.15) is 5.69 Å². The summed E-state index contributed by atoms with van der Waals surface area (Å²) in [5.41, 5.74) is 0.971. The molecule has 0 aromatic carbocycles. The van der Waals surface area contributed by atoms with Gasteiger partial charge in [-0.3, -0.25) is 0 Å². The molecule has 4 heterocycles. The molecule has 2 aliphatic rings. The number of aromatic nitrogens is 3. The topological polar surface area (TPSA) is 57.6 Å². The molecule has 2 aliphatic heterocycles. The second kappa shape index (κ2) is 7.41. The Hall–Kier alpha value is -2.48. The molecule has 4 rings (SSSR count). The number of halogens is 1. The molecule has 2 saturated heterocycles. The molecule has 0 saturated carbocycles. The van der Waals surface area contributed by atoms with Crippen molar-refractivity contribution >= 4 is 17.6 Å². The quantitative estimate of drug-likeness (QED) is 0.824. The average molecular weight is 358 g/mol. The summed E-state index contributed by atoms with van der Waals surface area (Å²) < 4.78 is 18.5. The van der Waals surface area contributed by atoms with Crippen LogP contribution in [-0.2, 0) is 4.74 Å². The summed E-state index contributed by atoms with van der Waals surface area (Å²) in [4.78, 5) is 20.2. The second-order valence-corrected chi connectivity index (χ2v) is 6.58. The van der Waals surface area contributed by atoms with Crippen molar-refractivity contribution in [2.75, 3.05) is 67.2 Å². The Bertz CT molecular complexity index is 742. The van der Waals surface area contributed by atoms with Crippen LogP contribution in [0.25, 0.3) is 0 Å². The molecule has 2 fully saturated rings. The zero-order valence-corrected chi connectivity index (χ0v) is 14.9. The molecule has 0 radical (unpaired) electrons. The van der Waals surface area contributed by atoms with E-state index in [1.165, 1.54) is 12.3 Å². The summed E-state index contributed by atoms with van der Waals surface area (Å²) in [7, 11) is 0. The van der Waals surface area contributed by atoms with Crippen molar-refractivity contribution in [3.8, 4) is 0 Å². The van der Waals surface area contributed by atoms with Crippen LogP contribution in [0.15, 0.2) is 24.4 Å². The summed E-state index contributed by atoms with van der Waals surface area (Å²) in [6, 6.07) is 5.23. The van der Waals surface area contributed by atoms with Crippen LogP contribution in [-0.4, -0.2) is 67.4 Å². The maximum absolute atomic E-state index is 13.1. The van der Waals surface area contributed by atoms with Crippen molar-refractivity contribution in [2.24, 2.45) is 0 Å². The highest BCUT2D eigenvalue weighted by molar-refractivity contribution is 5.48. The SMILES string of the molecule is Cc1cc(N2CCN(c3ccc(F)cn3)CC2)nc(N2CCOCC2)n1. The average Bonchev–Trinajstić information content (AvgIpc) is 2.69. The number of anilines is 3. The lowest BCUT2D eigenvalue weighted by Gasteiger charge is -2.36. The highest BCUT2D eigenvalue weighted by Crippen LogP contribution is 2.21. The van der Waals surface area contributed by atoms with Gasteiger partial charge in [0.25, 0.3) is 0 Å². The van der Waals surface area contributed by atoms with Crippen LogP contribution in [0.4, 0.5) is 22.0 Å². The predicted molar refractivity (Wildman–Crippen MR) is 98.4 cm³/mol. The van der Waals surface area contributed by atoms with Crippen molar-refractivity contribution in [1.82, 2.24) is 15.0 Å². The second-order valence-electron chi connectivity index (χ2n) is 6.58. The van der Waals surface area contributed by atoms with E-state index < -0.39 is 0 Å². The van der Waals surface area contributed by atoms with Gasteiger partial charge in [0.2, 0.25) is 5.95 Å². The minimum Gasteiger partial charge on any atom is -0.378 e. The normalized spacial score (nSPS) is 18.3. The summed E-state index contributed by atoms with van der Waals surface area (Å²) in [6.07, 6.45) is 1.27. The van der Waals surface area contributed by atoms with E-state index in [9.17, 15) is 4.39 Å². The smallest absolute Gasteiger partial charge is 0.227 e. The summed E-state index contributed by atoms with van der Waals surface area (Å²) >= 11 is 0. The van der Waals surface area contributed by atoms with E-state index in [2.05, 4.69) is 24.7 Å². The predicted octanol–water partition coefficient (Wildman–Crippen LogP) is 1.48. The van der Waals surface area contributed by atoms with Gasteiger partial charge in [-0.25, -0.2) is 14.4 Å². The molecule has 26 heavy (non-hydrogen) atoms. The van der Waals surface area contributed by atoms with Gasteiger partial charge in [0.05, 0.1) is 19.4 Å². The first-order valence-corrected chi connectivity index (χ1v) is 8.99. The van der Waals surface area contributed by atoms with Crippen LogP contribution in [0.5, 0.6) is 0 Å². The van der Waals surface area contributed by atoms with E-state index in [-0.39, 0.29) is 5.82 Å². The van der Waals surface area contributed by atoms with E-state index in [0.717, 1.165) is 75.8 Å². The molecule has 2 aromatic rings. The van der Waals surface area contributed by atoms with Crippen LogP contribution < -0.4 is 14.7 Å². The Labute approximate surface area is 152 Å². The van der Waals surface area contributed by atoms with Crippen LogP contribution >= 0.6 is 0 Å². The maximum Gasteiger partial charge on any atom is 0.227 e. The van der Waals surface area contributed by atoms with Gasteiger partial charge in [-0.05, 0) is 19.1 Å². The van der Waals surface area contributed by atoms with E-state index in [1.54, 1.807) is 6.07 Å². The van der Waals surface area contributed by atoms with Crippen molar-refractivity contribution in [3.05, 3.63) is 35.9 Å². The van der Waals surface area contributed by atoms with Gasteiger partial charge in [-0.1, -0.05) is 0 Å². The molecule has 0 unspecified atom stereocenters. The third kappa shape index (κ3) is 3.70. The lowest BCUT2D eigenvalue weighted by molar-refractivity contribution is 0.122. The van der Waals surface area contributed by atoms with Crippen molar-refractivity contribution in [3.63, 3.8) is 0 Å². The Morgan fingerprint density at radius 3 is 2.23 bits per heavy atom. The number of piperazine rings is 1. The van der Waals surface area contributed by atoms with E-state index >= 15 is 0 Å². The Balaban J connectivity index is 1.45. The van der Waals surface area contributed by atoms with Crippen LogP contribution in [0.3, 0.4) is 0 Å². The Morgan fingerprint density at radius 1 is 0.885 bits per heavy atom. The molecular weight excluding hydrogens is 335 g/mol. The fraction of sp³-hybridized carbons (Fsp3) is 0.500. The molecule has 0 atom stereocenters. The standard InChI is InChI=1S/C18H23FN6O/c1-14-12-17(22-18(21-14)25-8-10-26-11-9-25)24-6-4-23(5-7-24)16-3-2-15(19)13-20-16/h2-3,12-13H,4-11H2,1H3. The number of pyridine rings is 1. The summed E-state index contributed by atoms with van der Waals surface area (Å²) in [5, 5.41) is 0.